The van der Waals surface area contributed by atoms with E-state index in [1.165, 1.54) is 0 Å². The molecule has 3 amide bonds. The highest BCUT2D eigenvalue weighted by atomic mass is 79.9. The Morgan fingerprint density at radius 1 is 1.14 bits per heavy atom. The lowest BCUT2D eigenvalue weighted by Crippen LogP contribution is -2.78. The highest BCUT2D eigenvalue weighted by Crippen LogP contribution is 2.46. The Balaban J connectivity index is 1.56. The number of fused-ring (bicyclic) bond motifs is 1. The van der Waals surface area contributed by atoms with Gasteiger partial charge in [-0.05, 0) is 69.6 Å². The number of hydrogen-bond donors (Lipinski definition) is 2. The van der Waals surface area contributed by atoms with E-state index in [2.05, 4.69) is 61.1 Å². The van der Waals surface area contributed by atoms with Gasteiger partial charge in [-0.2, -0.15) is 4.79 Å². The number of hydrogen-bond acceptors (Lipinski definition) is 5. The molecule has 232 valence electrons. The molecule has 0 bridgehead atoms. The largest absolute Gasteiger partial charge is 0.515 e. The van der Waals surface area contributed by atoms with Crippen molar-refractivity contribution < 1.29 is 24.0 Å². The van der Waals surface area contributed by atoms with Crippen molar-refractivity contribution in [1.82, 2.24) is 14.7 Å². The molecule has 2 saturated heterocycles. The molecule has 0 saturated carbocycles. The number of anilines is 1. The lowest BCUT2D eigenvalue weighted by molar-refractivity contribution is -0.942. The number of carboxylic acid groups (broad SMARTS) is 1. The summed E-state index contributed by atoms with van der Waals surface area (Å²) in [5, 5.41) is 14.3. The van der Waals surface area contributed by atoms with Gasteiger partial charge in [0.15, 0.2) is 5.66 Å². The monoisotopic (exact) mass is 718 g/mol. The second-order valence-corrected chi connectivity index (χ2v) is 14.2. The lowest BCUT2D eigenvalue weighted by atomic mass is 9.81. The van der Waals surface area contributed by atoms with Crippen molar-refractivity contribution in [2.24, 2.45) is 0 Å². The topological polar surface area (TPSA) is 93.2 Å². The number of nitrogens with zero attached hydrogens (tertiary/aromatic N) is 4. The average molecular weight is 721 g/mol. The van der Waals surface area contributed by atoms with Crippen LogP contribution in [0.2, 0.25) is 0 Å². The van der Waals surface area contributed by atoms with Crippen LogP contribution in [0.4, 0.5) is 15.3 Å². The van der Waals surface area contributed by atoms with Crippen LogP contribution in [0.5, 0.6) is 0 Å². The van der Waals surface area contributed by atoms with Gasteiger partial charge in [0.25, 0.3) is 0 Å². The molecule has 0 aromatic heterocycles. The maximum atomic E-state index is 13.7. The van der Waals surface area contributed by atoms with E-state index in [-0.39, 0.29) is 29.5 Å². The van der Waals surface area contributed by atoms with Crippen molar-refractivity contribution >= 4 is 56.0 Å². The van der Waals surface area contributed by atoms with Gasteiger partial charge in [-0.3, -0.25) is 4.90 Å². The summed E-state index contributed by atoms with van der Waals surface area (Å²) in [6.07, 6.45) is 3.46. The Kier molecular flexibility index (Phi) is 9.68. The number of carbonyl (C=O) groups excluding carboxylic acids is 2. The number of amides is 3. The van der Waals surface area contributed by atoms with Crippen molar-refractivity contribution in [3.63, 3.8) is 0 Å². The van der Waals surface area contributed by atoms with Crippen LogP contribution in [0, 0.1) is 6.92 Å². The normalized spacial score (nSPS) is 27.0. The minimum atomic E-state index is -1.02. The molecule has 2 unspecified atom stereocenters. The number of nitrogens with one attached hydrogen (secondary N) is 1. The SMILES string of the molecule is Cc1c(Br)cc(C[N@+]2(C(=O)O)CCC(N3CCc4ccccc4NC3=O)CC2(CC=O)N2CCC(N(C)C)CC2)cc1Br. The van der Waals surface area contributed by atoms with Crippen molar-refractivity contribution in [2.75, 3.05) is 45.6 Å². The summed E-state index contributed by atoms with van der Waals surface area (Å²) in [5.41, 5.74) is 2.82. The number of quaternary nitrogens is 1. The summed E-state index contributed by atoms with van der Waals surface area (Å²) in [7, 11) is 4.16. The summed E-state index contributed by atoms with van der Waals surface area (Å²) < 4.78 is 1.54. The Labute approximate surface area is 271 Å². The van der Waals surface area contributed by atoms with E-state index in [1.807, 2.05) is 48.2 Å². The Hall–Kier alpha value is -2.31. The molecule has 3 aliphatic rings. The molecule has 2 N–H and O–H groups in total. The van der Waals surface area contributed by atoms with Crippen LogP contribution in [0.15, 0.2) is 45.3 Å². The third kappa shape index (κ3) is 6.03. The molecule has 3 aliphatic heterocycles. The van der Waals surface area contributed by atoms with E-state index in [1.54, 1.807) is 0 Å². The molecule has 5 rings (SSSR count). The van der Waals surface area contributed by atoms with Crippen molar-refractivity contribution in [3.05, 3.63) is 62.0 Å². The summed E-state index contributed by atoms with van der Waals surface area (Å²) in [4.78, 5) is 46.3. The van der Waals surface area contributed by atoms with E-state index in [4.69, 9.17) is 0 Å². The number of urea groups is 1. The zero-order chi connectivity index (χ0) is 30.9. The molecule has 0 radical (unpaired) electrons. The molecular formula is C32H42Br2N5O4+. The quantitative estimate of drug-likeness (QED) is 0.266. The zero-order valence-corrected chi connectivity index (χ0v) is 28.4. The predicted molar refractivity (Wildman–Crippen MR) is 174 cm³/mol. The van der Waals surface area contributed by atoms with E-state index >= 15 is 0 Å². The molecule has 2 fully saturated rings. The van der Waals surface area contributed by atoms with Gasteiger partial charge in [0.1, 0.15) is 12.8 Å². The third-order valence-electron chi connectivity index (χ3n) is 10.1. The first-order chi connectivity index (χ1) is 20.5. The van der Waals surface area contributed by atoms with E-state index in [0.29, 0.717) is 51.5 Å². The molecular weight excluding hydrogens is 678 g/mol. The zero-order valence-electron chi connectivity index (χ0n) is 25.2. The van der Waals surface area contributed by atoms with E-state index < -0.39 is 11.8 Å². The standard InChI is InChI=1S/C32H41Br2N5O4/c1-22-27(33)18-23(19-28(22)34)21-39(31(42)43)16-11-26(38-15-8-24-6-4-5-7-29(24)35-30(38)41)20-32(39,12-17-40)37-13-9-25(10-14-37)36(2)3/h4-7,17-19,25-26H,8-16,20-21H2,1-3H3,(H-,35,41,42,43)/p+1/t26?,32?,39-/m0/s1. The second kappa shape index (κ2) is 13.0. The minimum absolute atomic E-state index is 0.0757. The number of benzene rings is 2. The number of para-hydroxylation sites is 1. The Morgan fingerprint density at radius 2 is 1.81 bits per heavy atom. The third-order valence-corrected chi connectivity index (χ3v) is 11.8. The van der Waals surface area contributed by atoms with Crippen molar-refractivity contribution in [1.29, 1.82) is 0 Å². The number of likely N-dealkylation sites (tertiary alicyclic amines) is 2. The fourth-order valence-corrected chi connectivity index (χ4v) is 8.90. The number of halogens is 2. The molecule has 3 atom stereocenters. The minimum Gasteiger partial charge on any atom is -0.435 e. The van der Waals surface area contributed by atoms with Crippen LogP contribution >= 0.6 is 31.9 Å². The van der Waals surface area contributed by atoms with Crippen LogP contribution in [0.25, 0.3) is 0 Å². The molecule has 2 aromatic carbocycles. The van der Waals surface area contributed by atoms with Gasteiger partial charge in [-0.15, -0.1) is 0 Å². The van der Waals surface area contributed by atoms with Gasteiger partial charge in [0.2, 0.25) is 0 Å². The summed E-state index contributed by atoms with van der Waals surface area (Å²) in [6.45, 7) is 4.46. The highest BCUT2D eigenvalue weighted by molar-refractivity contribution is 9.11. The van der Waals surface area contributed by atoms with Crippen LogP contribution in [0.1, 0.15) is 48.8 Å². The van der Waals surface area contributed by atoms with Gasteiger partial charge < -0.3 is 25.0 Å². The van der Waals surface area contributed by atoms with E-state index in [9.17, 15) is 19.5 Å². The Morgan fingerprint density at radius 3 is 2.44 bits per heavy atom. The fourth-order valence-electron chi connectivity index (χ4n) is 7.62. The van der Waals surface area contributed by atoms with Gasteiger partial charge in [-0.25, -0.2) is 9.28 Å². The van der Waals surface area contributed by atoms with Crippen LogP contribution in [0.3, 0.4) is 0 Å². The van der Waals surface area contributed by atoms with Crippen LogP contribution in [-0.2, 0) is 17.8 Å². The van der Waals surface area contributed by atoms with E-state index in [0.717, 1.165) is 50.5 Å². The van der Waals surface area contributed by atoms with Crippen LogP contribution < -0.4 is 5.32 Å². The molecule has 3 heterocycles. The molecule has 0 spiro atoms. The molecule has 43 heavy (non-hydrogen) atoms. The van der Waals surface area contributed by atoms with Gasteiger partial charge in [-0.1, -0.05) is 50.1 Å². The maximum Gasteiger partial charge on any atom is 0.515 e. The summed E-state index contributed by atoms with van der Waals surface area (Å²) in [6, 6.07) is 11.9. The fraction of sp³-hybridized carbons (Fsp3) is 0.531. The Bertz CT molecular complexity index is 1360. The van der Waals surface area contributed by atoms with Crippen molar-refractivity contribution in [3.8, 4) is 0 Å². The second-order valence-electron chi connectivity index (χ2n) is 12.5. The first-order valence-corrected chi connectivity index (χ1v) is 16.7. The summed E-state index contributed by atoms with van der Waals surface area (Å²) >= 11 is 7.31. The first-order valence-electron chi connectivity index (χ1n) is 15.1. The molecule has 9 nitrogen and oxygen atoms in total. The number of rotatable bonds is 7. The van der Waals surface area contributed by atoms with Crippen molar-refractivity contribution in [2.45, 2.75) is 69.7 Å². The predicted octanol–water partition coefficient (Wildman–Crippen LogP) is 6.08. The maximum absolute atomic E-state index is 13.7. The average Bonchev–Trinajstić information content (AvgIpc) is 3.14. The van der Waals surface area contributed by atoms with Crippen LogP contribution in [-0.4, -0.2) is 101 Å². The summed E-state index contributed by atoms with van der Waals surface area (Å²) in [5.74, 6) is 0. The molecule has 0 aliphatic carbocycles. The molecule has 2 aromatic rings. The highest BCUT2D eigenvalue weighted by Gasteiger charge is 2.64. The number of carbonyl (C=O) groups is 3. The smallest absolute Gasteiger partial charge is 0.435 e. The lowest BCUT2D eigenvalue weighted by Gasteiger charge is -2.59. The number of piperidine rings is 2. The van der Waals surface area contributed by atoms with Gasteiger partial charge in [0.05, 0.1) is 13.0 Å². The number of aldehydes is 1. The first kappa shape index (κ1) is 32.1. The van der Waals surface area contributed by atoms with Gasteiger partial charge >= 0.3 is 12.1 Å². The van der Waals surface area contributed by atoms with Gasteiger partial charge in [0, 0.05) is 64.8 Å². The molecule has 11 heteroatoms.